The van der Waals surface area contributed by atoms with E-state index in [0.717, 1.165) is 0 Å². The van der Waals surface area contributed by atoms with Gasteiger partial charge in [0.2, 0.25) is 5.78 Å². The molecule has 0 bridgehead atoms. The lowest BCUT2D eigenvalue weighted by Gasteiger charge is -2.21. The average Bonchev–Trinajstić information content (AvgIpc) is 2.85. The van der Waals surface area contributed by atoms with Gasteiger partial charge in [-0.3, -0.25) is 25.2 Å². The minimum Gasteiger partial charge on any atom is -0.491 e. The Morgan fingerprint density at radius 3 is 2.19 bits per heavy atom. The zero-order chi connectivity index (χ0) is 27.7. The molecule has 0 saturated carbocycles. The van der Waals surface area contributed by atoms with Crippen molar-refractivity contribution in [1.82, 2.24) is 5.32 Å². The molecule has 0 heterocycles. The van der Waals surface area contributed by atoms with Gasteiger partial charge in [0.25, 0.3) is 5.91 Å². The second-order valence-corrected chi connectivity index (χ2v) is 8.05. The Hall–Kier alpha value is -4.94. The summed E-state index contributed by atoms with van der Waals surface area (Å²) in [5.41, 5.74) is 12.3. The first kappa shape index (κ1) is 28.3. The van der Waals surface area contributed by atoms with E-state index in [4.69, 9.17) is 37.2 Å². The number of rotatable bonds is 13. The number of ether oxygens (including phenoxy) is 1. The maximum absolute atomic E-state index is 12.8. The SMILES string of the molecule is CN(C(=N)N)c1ccc(C(=O)NC(CCC(=O)O)COc2cc(C(=N)N)ccc2CC(=O)C(=O)O)cc1. The van der Waals surface area contributed by atoms with E-state index in [0.29, 0.717) is 5.69 Å². The standard InChI is InChI=1S/C24H28N6O7/c1-30(24(27)28)17-7-4-13(5-8-17)22(34)29-16(6-9-20(32)33)12-37-19-11-15(21(25)26)3-2-14(19)10-18(31)23(35)36/h2-5,7-8,11,16H,6,9-10,12H2,1H3,(H3,25,26)(H3,27,28)(H,29,34)(H,32,33)(H,35,36). The molecule has 1 unspecified atom stereocenters. The van der Waals surface area contributed by atoms with Crippen molar-refractivity contribution in [2.45, 2.75) is 25.3 Å². The third-order valence-electron chi connectivity index (χ3n) is 5.33. The fourth-order valence-corrected chi connectivity index (χ4v) is 3.18. The molecule has 2 rings (SSSR count). The number of ketones is 1. The van der Waals surface area contributed by atoms with Gasteiger partial charge in [-0.15, -0.1) is 0 Å². The Bertz CT molecular complexity index is 1210. The molecule has 2 aromatic carbocycles. The van der Waals surface area contributed by atoms with Crippen LogP contribution < -0.4 is 26.4 Å². The van der Waals surface area contributed by atoms with Crippen molar-refractivity contribution >= 4 is 41.1 Å². The van der Waals surface area contributed by atoms with Crippen molar-refractivity contribution in [3.8, 4) is 5.75 Å². The maximum Gasteiger partial charge on any atom is 0.372 e. The van der Waals surface area contributed by atoms with E-state index in [1.54, 1.807) is 19.2 Å². The van der Waals surface area contributed by atoms with Crippen molar-refractivity contribution in [3.63, 3.8) is 0 Å². The molecule has 0 aliphatic carbocycles. The van der Waals surface area contributed by atoms with Gasteiger partial charge >= 0.3 is 11.9 Å². The molecule has 0 radical (unpaired) electrons. The van der Waals surface area contributed by atoms with Crippen molar-refractivity contribution in [2.75, 3.05) is 18.6 Å². The first-order valence-electron chi connectivity index (χ1n) is 11.0. The van der Waals surface area contributed by atoms with Gasteiger partial charge in [-0.1, -0.05) is 12.1 Å². The monoisotopic (exact) mass is 512 g/mol. The van der Waals surface area contributed by atoms with Gasteiger partial charge in [0, 0.05) is 42.3 Å². The largest absolute Gasteiger partial charge is 0.491 e. The van der Waals surface area contributed by atoms with Crippen LogP contribution in [0.3, 0.4) is 0 Å². The lowest BCUT2D eigenvalue weighted by Crippen LogP contribution is -2.39. The number of nitrogen functional groups attached to an aromatic ring is 1. The Kier molecular flexibility index (Phi) is 9.69. The topological polar surface area (TPSA) is 233 Å². The van der Waals surface area contributed by atoms with Gasteiger partial charge in [0.15, 0.2) is 5.96 Å². The van der Waals surface area contributed by atoms with Crippen LogP contribution in [0.5, 0.6) is 5.75 Å². The predicted molar refractivity (Wildman–Crippen MR) is 134 cm³/mol. The summed E-state index contributed by atoms with van der Waals surface area (Å²) in [7, 11) is 1.59. The number of amidine groups is 1. The van der Waals surface area contributed by atoms with Crippen LogP contribution in [0.1, 0.15) is 34.3 Å². The third-order valence-corrected chi connectivity index (χ3v) is 5.33. The Morgan fingerprint density at radius 2 is 1.65 bits per heavy atom. The molecule has 9 N–H and O–H groups in total. The van der Waals surface area contributed by atoms with Crippen LogP contribution in [-0.4, -0.2) is 65.3 Å². The highest BCUT2D eigenvalue weighted by Gasteiger charge is 2.20. The Labute approximate surface area is 212 Å². The number of carboxylic acid groups (broad SMARTS) is 2. The number of benzene rings is 2. The molecule has 0 saturated heterocycles. The summed E-state index contributed by atoms with van der Waals surface area (Å²) >= 11 is 0. The zero-order valence-corrected chi connectivity index (χ0v) is 20.0. The molecule has 0 aliphatic rings. The summed E-state index contributed by atoms with van der Waals surface area (Å²) in [4.78, 5) is 48.1. The molecule has 0 aliphatic heterocycles. The van der Waals surface area contributed by atoms with Crippen LogP contribution in [0.4, 0.5) is 5.69 Å². The van der Waals surface area contributed by atoms with E-state index in [9.17, 15) is 19.2 Å². The lowest BCUT2D eigenvalue weighted by molar-refractivity contribution is -0.148. The second kappa shape index (κ2) is 12.7. The number of aliphatic carboxylic acids is 2. The molecule has 0 spiro atoms. The Morgan fingerprint density at radius 1 is 1.03 bits per heavy atom. The first-order valence-corrected chi connectivity index (χ1v) is 11.0. The minimum atomic E-state index is -1.62. The fraction of sp³-hybridized carbons (Fsp3) is 0.250. The molecular formula is C24H28N6O7. The van der Waals surface area contributed by atoms with Crippen LogP contribution >= 0.6 is 0 Å². The summed E-state index contributed by atoms with van der Waals surface area (Å²) in [5.74, 6) is -4.66. The maximum atomic E-state index is 12.8. The number of nitrogens with two attached hydrogens (primary N) is 2. The summed E-state index contributed by atoms with van der Waals surface area (Å²) in [6.45, 7) is -0.209. The summed E-state index contributed by atoms with van der Waals surface area (Å²) < 4.78 is 5.77. The lowest BCUT2D eigenvalue weighted by atomic mass is 10.0. The van der Waals surface area contributed by atoms with Gasteiger partial charge in [-0.2, -0.15) is 0 Å². The fourth-order valence-electron chi connectivity index (χ4n) is 3.18. The molecule has 0 fully saturated rings. The highest BCUT2D eigenvalue weighted by atomic mass is 16.5. The van der Waals surface area contributed by atoms with E-state index in [1.807, 2.05) is 0 Å². The van der Waals surface area contributed by atoms with Crippen molar-refractivity contribution in [2.24, 2.45) is 11.5 Å². The quantitative estimate of drug-likeness (QED) is 0.112. The number of carbonyl (C=O) groups is 4. The smallest absolute Gasteiger partial charge is 0.372 e. The molecule has 13 nitrogen and oxygen atoms in total. The molecular weight excluding hydrogens is 484 g/mol. The highest BCUT2D eigenvalue weighted by molar-refractivity contribution is 6.33. The Balaban J connectivity index is 2.22. The second-order valence-electron chi connectivity index (χ2n) is 8.05. The predicted octanol–water partition coefficient (Wildman–Crippen LogP) is 0.539. The molecule has 1 amide bonds. The number of amides is 1. The van der Waals surface area contributed by atoms with Gasteiger partial charge in [-0.05, 0) is 36.8 Å². The van der Waals surface area contributed by atoms with E-state index in [1.165, 1.54) is 35.2 Å². The molecule has 2 aromatic rings. The van der Waals surface area contributed by atoms with E-state index < -0.39 is 36.1 Å². The molecule has 0 aromatic heterocycles. The summed E-state index contributed by atoms with van der Waals surface area (Å²) in [6.07, 6.45) is -0.730. The summed E-state index contributed by atoms with van der Waals surface area (Å²) in [5, 5.41) is 35.8. The number of nitrogens with zero attached hydrogens (tertiary/aromatic N) is 1. The van der Waals surface area contributed by atoms with Crippen molar-refractivity contribution in [3.05, 3.63) is 59.2 Å². The van der Waals surface area contributed by atoms with E-state index >= 15 is 0 Å². The number of carbonyl (C=O) groups excluding carboxylic acids is 2. The number of carboxylic acids is 2. The average molecular weight is 513 g/mol. The molecule has 1 atom stereocenters. The van der Waals surface area contributed by atoms with Crippen LogP contribution in [0.25, 0.3) is 0 Å². The van der Waals surface area contributed by atoms with Crippen LogP contribution in [-0.2, 0) is 20.8 Å². The molecule has 37 heavy (non-hydrogen) atoms. The molecule has 13 heteroatoms. The van der Waals surface area contributed by atoms with Gasteiger partial charge < -0.3 is 36.6 Å². The van der Waals surface area contributed by atoms with Gasteiger partial charge in [-0.25, -0.2) is 4.79 Å². The number of hydrogen-bond acceptors (Lipinski definition) is 7. The number of Topliss-reactive ketones (excluding diaryl/α,β-unsaturated/α-hetero) is 1. The summed E-state index contributed by atoms with van der Waals surface area (Å²) in [6, 6.07) is 9.68. The normalized spacial score (nSPS) is 11.2. The number of nitrogens with one attached hydrogen (secondary N) is 3. The van der Waals surface area contributed by atoms with E-state index in [-0.39, 0.29) is 53.7 Å². The first-order chi connectivity index (χ1) is 17.4. The van der Waals surface area contributed by atoms with Gasteiger partial charge in [0.05, 0.1) is 6.04 Å². The minimum absolute atomic E-state index is 0.0159. The number of anilines is 1. The van der Waals surface area contributed by atoms with Crippen LogP contribution in [0, 0.1) is 10.8 Å². The zero-order valence-electron chi connectivity index (χ0n) is 20.0. The number of guanidine groups is 1. The van der Waals surface area contributed by atoms with Crippen molar-refractivity contribution in [1.29, 1.82) is 10.8 Å². The van der Waals surface area contributed by atoms with E-state index in [2.05, 4.69) is 5.32 Å². The number of hydrogen-bond donors (Lipinski definition) is 7. The molecule has 196 valence electrons. The van der Waals surface area contributed by atoms with Gasteiger partial charge in [0.1, 0.15) is 18.2 Å². The van der Waals surface area contributed by atoms with Crippen molar-refractivity contribution < 1.29 is 34.1 Å². The van der Waals surface area contributed by atoms with Crippen LogP contribution in [0.2, 0.25) is 0 Å². The highest BCUT2D eigenvalue weighted by Crippen LogP contribution is 2.22. The third kappa shape index (κ3) is 8.35. The van der Waals surface area contributed by atoms with Crippen LogP contribution in [0.15, 0.2) is 42.5 Å².